The van der Waals surface area contributed by atoms with Crippen LogP contribution in [0.4, 0.5) is 5.69 Å². The fraction of sp³-hybridized carbons (Fsp3) is 0.350. The van der Waals surface area contributed by atoms with Crippen LogP contribution in [0.15, 0.2) is 53.4 Å². The van der Waals surface area contributed by atoms with Crippen molar-refractivity contribution in [1.29, 1.82) is 0 Å². The number of sulfonamides is 1. The zero-order valence-corrected chi connectivity index (χ0v) is 16.2. The number of benzene rings is 2. The van der Waals surface area contributed by atoms with Crippen LogP contribution in [0.2, 0.25) is 0 Å². The zero-order chi connectivity index (χ0) is 18.9. The number of nitrogens with zero attached hydrogens (tertiary/aromatic N) is 2. The number of anilines is 1. The number of hydrogen-bond donors (Lipinski definition) is 0. The van der Waals surface area contributed by atoms with Crippen molar-refractivity contribution in [3.8, 4) is 0 Å². The van der Waals surface area contributed by atoms with Crippen LogP contribution in [0, 0.1) is 0 Å². The van der Waals surface area contributed by atoms with Crippen LogP contribution in [-0.2, 0) is 16.4 Å². The van der Waals surface area contributed by atoms with Crippen LogP contribution < -0.4 is 4.90 Å². The first-order valence-corrected chi connectivity index (χ1v) is 10.2. The number of carbonyl (C=O) groups is 1. The molecule has 0 aliphatic carbocycles. The van der Waals surface area contributed by atoms with Gasteiger partial charge in [0.15, 0.2) is 0 Å². The van der Waals surface area contributed by atoms with E-state index in [1.165, 1.54) is 16.4 Å². The topological polar surface area (TPSA) is 57.7 Å². The molecule has 6 heteroatoms. The first-order chi connectivity index (χ1) is 12.3. The molecule has 1 heterocycles. The van der Waals surface area contributed by atoms with Gasteiger partial charge in [0, 0.05) is 30.9 Å². The van der Waals surface area contributed by atoms with E-state index < -0.39 is 10.0 Å². The van der Waals surface area contributed by atoms with E-state index in [9.17, 15) is 13.2 Å². The number of amides is 1. The molecule has 0 N–H and O–H groups in total. The summed E-state index contributed by atoms with van der Waals surface area (Å²) in [5.41, 5.74) is 2.45. The number of fused-ring (bicyclic) bond motifs is 1. The molecule has 2 aromatic rings. The lowest BCUT2D eigenvalue weighted by molar-refractivity contribution is 0.0985. The minimum atomic E-state index is -3.62. The van der Waals surface area contributed by atoms with Crippen molar-refractivity contribution in [2.45, 2.75) is 37.6 Å². The highest BCUT2D eigenvalue weighted by Gasteiger charge is 2.27. The van der Waals surface area contributed by atoms with Crippen molar-refractivity contribution < 1.29 is 13.2 Å². The molecular weight excluding hydrogens is 348 g/mol. The van der Waals surface area contributed by atoms with Gasteiger partial charge in [-0.1, -0.05) is 24.3 Å². The average molecular weight is 372 g/mol. The van der Waals surface area contributed by atoms with Crippen molar-refractivity contribution in [3.63, 3.8) is 0 Å². The summed E-state index contributed by atoms with van der Waals surface area (Å²) in [6.45, 7) is 4.27. The second kappa shape index (κ2) is 7.21. The molecule has 0 aromatic heterocycles. The molecule has 0 spiro atoms. The molecule has 1 aliphatic rings. The molecule has 0 fully saturated rings. The van der Waals surface area contributed by atoms with Crippen LogP contribution >= 0.6 is 0 Å². The Hall–Kier alpha value is -2.18. The Morgan fingerprint density at radius 3 is 2.58 bits per heavy atom. The molecule has 1 aliphatic heterocycles. The van der Waals surface area contributed by atoms with Gasteiger partial charge < -0.3 is 4.90 Å². The Labute approximate surface area is 155 Å². The molecule has 2 aromatic carbocycles. The largest absolute Gasteiger partial charge is 0.308 e. The van der Waals surface area contributed by atoms with E-state index in [1.807, 2.05) is 38.1 Å². The van der Waals surface area contributed by atoms with E-state index in [0.29, 0.717) is 12.1 Å². The van der Waals surface area contributed by atoms with Gasteiger partial charge in [-0.3, -0.25) is 4.79 Å². The Morgan fingerprint density at radius 2 is 1.85 bits per heavy atom. The maximum absolute atomic E-state index is 13.1. The molecular formula is C20H24N2O3S. The maximum Gasteiger partial charge on any atom is 0.258 e. The lowest BCUT2D eigenvalue weighted by Gasteiger charge is -2.29. The average Bonchev–Trinajstić information content (AvgIpc) is 2.66. The Kier molecular flexibility index (Phi) is 5.16. The highest BCUT2D eigenvalue weighted by atomic mass is 32.2. The van der Waals surface area contributed by atoms with Crippen molar-refractivity contribution in [3.05, 3.63) is 59.7 Å². The van der Waals surface area contributed by atoms with Gasteiger partial charge in [0.25, 0.3) is 5.91 Å². The van der Waals surface area contributed by atoms with Crippen molar-refractivity contribution in [2.75, 3.05) is 18.5 Å². The minimum absolute atomic E-state index is 0.143. The summed E-state index contributed by atoms with van der Waals surface area (Å²) in [6, 6.07) is 14.0. The van der Waals surface area contributed by atoms with Crippen molar-refractivity contribution in [1.82, 2.24) is 4.31 Å². The van der Waals surface area contributed by atoms with Gasteiger partial charge in [0.1, 0.15) is 0 Å². The quantitative estimate of drug-likeness (QED) is 0.827. The van der Waals surface area contributed by atoms with Gasteiger partial charge in [0.2, 0.25) is 10.0 Å². The van der Waals surface area contributed by atoms with Gasteiger partial charge in [-0.25, -0.2) is 8.42 Å². The lowest BCUT2D eigenvalue weighted by atomic mass is 10.0. The van der Waals surface area contributed by atoms with E-state index in [0.717, 1.165) is 24.1 Å². The van der Waals surface area contributed by atoms with E-state index in [-0.39, 0.29) is 16.8 Å². The van der Waals surface area contributed by atoms with Crippen molar-refractivity contribution >= 4 is 21.6 Å². The monoisotopic (exact) mass is 372 g/mol. The van der Waals surface area contributed by atoms with Crippen LogP contribution in [-0.4, -0.2) is 38.3 Å². The Bertz CT molecular complexity index is 922. The second-order valence-corrected chi connectivity index (χ2v) is 8.83. The van der Waals surface area contributed by atoms with Crippen LogP contribution in [0.3, 0.4) is 0 Å². The molecule has 0 bridgehead atoms. The predicted octanol–water partition coefficient (Wildman–Crippen LogP) is 3.31. The maximum atomic E-state index is 13.1. The smallest absolute Gasteiger partial charge is 0.258 e. The number of aryl methyl sites for hydroxylation is 1. The molecule has 5 nitrogen and oxygen atoms in total. The summed E-state index contributed by atoms with van der Waals surface area (Å²) < 4.78 is 26.8. The SMILES string of the molecule is CC(C)N(C)S(=O)(=O)c1cccc(C(=O)N2CCCc3ccccc32)c1. The lowest BCUT2D eigenvalue weighted by Crippen LogP contribution is -2.36. The highest BCUT2D eigenvalue weighted by Crippen LogP contribution is 2.28. The van der Waals surface area contributed by atoms with E-state index in [4.69, 9.17) is 0 Å². The molecule has 0 atom stereocenters. The summed E-state index contributed by atoms with van der Waals surface area (Å²) in [5, 5.41) is 0. The molecule has 0 saturated heterocycles. The van der Waals surface area contributed by atoms with Crippen LogP contribution in [0.5, 0.6) is 0 Å². The third-order valence-corrected chi connectivity index (χ3v) is 6.87. The first kappa shape index (κ1) is 18.6. The molecule has 1 amide bonds. The van der Waals surface area contributed by atoms with E-state index >= 15 is 0 Å². The Morgan fingerprint density at radius 1 is 1.12 bits per heavy atom. The summed E-state index contributed by atoms with van der Waals surface area (Å²) >= 11 is 0. The van der Waals surface area contributed by atoms with E-state index in [1.54, 1.807) is 24.1 Å². The number of para-hydroxylation sites is 1. The summed E-state index contributed by atoms with van der Waals surface area (Å²) in [4.78, 5) is 15.0. The van der Waals surface area contributed by atoms with Gasteiger partial charge in [-0.15, -0.1) is 0 Å². The fourth-order valence-corrected chi connectivity index (χ4v) is 4.55. The molecule has 3 rings (SSSR count). The summed E-state index contributed by atoms with van der Waals surface area (Å²) in [7, 11) is -2.07. The molecule has 138 valence electrons. The van der Waals surface area contributed by atoms with Gasteiger partial charge in [0.05, 0.1) is 4.90 Å². The Balaban J connectivity index is 1.96. The normalized spacial score (nSPS) is 14.6. The third-order valence-electron chi connectivity index (χ3n) is 4.84. The van der Waals surface area contributed by atoms with Gasteiger partial charge >= 0.3 is 0 Å². The second-order valence-electron chi connectivity index (χ2n) is 6.83. The zero-order valence-electron chi connectivity index (χ0n) is 15.3. The summed E-state index contributed by atoms with van der Waals surface area (Å²) in [5.74, 6) is -0.165. The van der Waals surface area contributed by atoms with E-state index in [2.05, 4.69) is 0 Å². The molecule has 0 saturated carbocycles. The number of rotatable bonds is 4. The minimum Gasteiger partial charge on any atom is -0.308 e. The van der Waals surface area contributed by atoms with Crippen LogP contribution in [0.25, 0.3) is 0 Å². The predicted molar refractivity (Wildman–Crippen MR) is 103 cm³/mol. The van der Waals surface area contributed by atoms with Crippen LogP contribution in [0.1, 0.15) is 36.2 Å². The molecule has 26 heavy (non-hydrogen) atoms. The number of carbonyl (C=O) groups excluding carboxylic acids is 1. The standard InChI is InChI=1S/C20H24N2O3S/c1-15(2)21(3)26(24,25)18-11-6-9-17(14-18)20(23)22-13-7-10-16-8-4-5-12-19(16)22/h4-6,8-9,11-12,14-15H,7,10,13H2,1-3H3. The van der Waals surface area contributed by atoms with Gasteiger partial charge in [-0.05, 0) is 56.5 Å². The summed E-state index contributed by atoms with van der Waals surface area (Å²) in [6.07, 6.45) is 1.85. The number of hydrogen-bond acceptors (Lipinski definition) is 3. The highest BCUT2D eigenvalue weighted by molar-refractivity contribution is 7.89. The molecule has 0 radical (unpaired) electrons. The van der Waals surface area contributed by atoms with Crippen molar-refractivity contribution in [2.24, 2.45) is 0 Å². The third kappa shape index (κ3) is 3.39. The molecule has 0 unspecified atom stereocenters. The fourth-order valence-electron chi connectivity index (χ4n) is 3.13. The van der Waals surface area contributed by atoms with Gasteiger partial charge in [-0.2, -0.15) is 4.31 Å². The first-order valence-electron chi connectivity index (χ1n) is 8.80.